The predicted molar refractivity (Wildman–Crippen MR) is 93.5 cm³/mol. The van der Waals surface area contributed by atoms with Crippen LogP contribution in [0.15, 0.2) is 43.2 Å². The van der Waals surface area contributed by atoms with Crippen LogP contribution in [0.1, 0.15) is 25.3 Å². The van der Waals surface area contributed by atoms with Gasteiger partial charge in [-0.15, -0.1) is 6.58 Å². The number of rotatable bonds is 8. The summed E-state index contributed by atoms with van der Waals surface area (Å²) in [5.41, 5.74) is 8.89. The molecule has 2 rings (SSSR count). The number of unbranched alkanes of at least 4 members (excludes halogenated alkanes) is 1. The highest BCUT2D eigenvalue weighted by Crippen LogP contribution is 2.25. The van der Waals surface area contributed by atoms with Gasteiger partial charge in [-0.1, -0.05) is 31.6 Å². The van der Waals surface area contributed by atoms with Crippen LogP contribution >= 0.6 is 0 Å². The second kappa shape index (κ2) is 8.02. The van der Waals surface area contributed by atoms with Crippen molar-refractivity contribution < 1.29 is 0 Å². The number of nitrogen functional groups attached to an aromatic ring is 1. The molecular weight excluding hydrogens is 274 g/mol. The van der Waals surface area contributed by atoms with Gasteiger partial charge < -0.3 is 16.4 Å². The van der Waals surface area contributed by atoms with Crippen LogP contribution in [0.5, 0.6) is 0 Å². The minimum absolute atomic E-state index is 0.499. The molecule has 22 heavy (non-hydrogen) atoms. The monoisotopic (exact) mass is 297 g/mol. The third-order valence-electron chi connectivity index (χ3n) is 3.33. The molecule has 0 amide bonds. The molecule has 0 spiro atoms. The highest BCUT2D eigenvalue weighted by Gasteiger charge is 2.07. The molecule has 0 aliphatic heterocycles. The topological polar surface area (TPSA) is 75.9 Å². The van der Waals surface area contributed by atoms with Crippen molar-refractivity contribution in [1.82, 2.24) is 9.97 Å². The normalized spacial score (nSPS) is 10.2. The molecule has 0 unspecified atom stereocenters. The summed E-state index contributed by atoms with van der Waals surface area (Å²) in [4.78, 5) is 8.33. The molecule has 0 bridgehead atoms. The number of hydrogen-bond acceptors (Lipinski definition) is 5. The molecule has 0 aliphatic rings. The van der Waals surface area contributed by atoms with Crippen molar-refractivity contribution in [1.29, 1.82) is 0 Å². The van der Waals surface area contributed by atoms with Crippen molar-refractivity contribution in [2.45, 2.75) is 26.2 Å². The number of aromatic nitrogens is 2. The first-order chi connectivity index (χ1) is 10.7. The zero-order valence-corrected chi connectivity index (χ0v) is 13.0. The van der Waals surface area contributed by atoms with Gasteiger partial charge in [-0.05, 0) is 30.5 Å². The Morgan fingerprint density at radius 2 is 1.91 bits per heavy atom. The number of hydrogen-bond donors (Lipinski definition) is 3. The fourth-order valence-corrected chi connectivity index (χ4v) is 2.08. The largest absolute Gasteiger partial charge is 0.393 e. The zero-order chi connectivity index (χ0) is 15.8. The molecule has 5 heteroatoms. The molecule has 1 aromatic heterocycles. The Labute approximate surface area is 131 Å². The SMILES string of the molecule is C=CCNc1ncnc(Nc2ccc(CCCC)cc2)c1N. The lowest BCUT2D eigenvalue weighted by molar-refractivity contribution is 0.795. The predicted octanol–water partition coefficient (Wildman–Crippen LogP) is 3.74. The van der Waals surface area contributed by atoms with Crippen LogP contribution < -0.4 is 16.4 Å². The van der Waals surface area contributed by atoms with Crippen molar-refractivity contribution in [2.24, 2.45) is 0 Å². The van der Waals surface area contributed by atoms with Gasteiger partial charge in [0.2, 0.25) is 0 Å². The lowest BCUT2D eigenvalue weighted by atomic mass is 10.1. The average molecular weight is 297 g/mol. The maximum absolute atomic E-state index is 6.08. The lowest BCUT2D eigenvalue weighted by Crippen LogP contribution is -2.07. The molecule has 0 saturated carbocycles. The Hall–Kier alpha value is -2.56. The average Bonchev–Trinajstić information content (AvgIpc) is 2.55. The minimum Gasteiger partial charge on any atom is -0.393 e. The fourth-order valence-electron chi connectivity index (χ4n) is 2.08. The van der Waals surface area contributed by atoms with Gasteiger partial charge in [0.1, 0.15) is 12.0 Å². The molecule has 0 fully saturated rings. The van der Waals surface area contributed by atoms with E-state index in [9.17, 15) is 0 Å². The second-order valence-corrected chi connectivity index (χ2v) is 5.08. The Morgan fingerprint density at radius 3 is 2.59 bits per heavy atom. The van der Waals surface area contributed by atoms with Crippen LogP contribution in [0.3, 0.4) is 0 Å². The smallest absolute Gasteiger partial charge is 0.159 e. The van der Waals surface area contributed by atoms with Crippen molar-refractivity contribution in [3.05, 3.63) is 48.8 Å². The van der Waals surface area contributed by atoms with Gasteiger partial charge in [-0.2, -0.15) is 0 Å². The highest BCUT2D eigenvalue weighted by atomic mass is 15.1. The summed E-state index contributed by atoms with van der Waals surface area (Å²) in [6.07, 6.45) is 6.77. The van der Waals surface area contributed by atoms with E-state index >= 15 is 0 Å². The summed E-state index contributed by atoms with van der Waals surface area (Å²) in [5, 5.41) is 6.32. The van der Waals surface area contributed by atoms with Gasteiger partial charge in [0.15, 0.2) is 11.6 Å². The van der Waals surface area contributed by atoms with E-state index in [2.05, 4.69) is 46.2 Å². The fraction of sp³-hybridized carbons (Fsp3) is 0.294. The van der Waals surface area contributed by atoms with Gasteiger partial charge in [-0.3, -0.25) is 0 Å². The van der Waals surface area contributed by atoms with Gasteiger partial charge in [0.25, 0.3) is 0 Å². The molecule has 116 valence electrons. The van der Waals surface area contributed by atoms with Crippen molar-refractivity contribution in [2.75, 3.05) is 22.9 Å². The van der Waals surface area contributed by atoms with E-state index in [0.717, 1.165) is 12.1 Å². The van der Waals surface area contributed by atoms with Crippen LogP contribution in [0.25, 0.3) is 0 Å². The van der Waals surface area contributed by atoms with Crippen molar-refractivity contribution in [3.63, 3.8) is 0 Å². The summed E-state index contributed by atoms with van der Waals surface area (Å²) >= 11 is 0. The number of benzene rings is 1. The molecule has 1 heterocycles. The number of anilines is 4. The minimum atomic E-state index is 0.499. The summed E-state index contributed by atoms with van der Waals surface area (Å²) in [7, 11) is 0. The second-order valence-electron chi connectivity index (χ2n) is 5.08. The molecule has 0 aliphatic carbocycles. The maximum atomic E-state index is 6.08. The van der Waals surface area contributed by atoms with Gasteiger partial charge in [0, 0.05) is 12.2 Å². The number of aryl methyl sites for hydroxylation is 1. The van der Waals surface area contributed by atoms with Crippen molar-refractivity contribution >= 4 is 23.0 Å². The molecule has 2 aromatic rings. The Kier molecular flexibility index (Phi) is 5.77. The van der Waals surface area contributed by atoms with E-state index in [1.807, 2.05) is 12.1 Å². The summed E-state index contributed by atoms with van der Waals surface area (Å²) < 4.78 is 0. The van der Waals surface area contributed by atoms with E-state index in [0.29, 0.717) is 23.9 Å². The summed E-state index contributed by atoms with van der Waals surface area (Å²) in [5.74, 6) is 1.21. The first kappa shape index (κ1) is 15.8. The Morgan fingerprint density at radius 1 is 1.18 bits per heavy atom. The van der Waals surface area contributed by atoms with E-state index in [-0.39, 0.29) is 0 Å². The number of nitrogens with zero attached hydrogens (tertiary/aromatic N) is 2. The van der Waals surface area contributed by atoms with Gasteiger partial charge in [0.05, 0.1) is 0 Å². The van der Waals surface area contributed by atoms with E-state index in [1.54, 1.807) is 6.08 Å². The number of nitrogens with one attached hydrogen (secondary N) is 2. The molecule has 4 N–H and O–H groups in total. The van der Waals surface area contributed by atoms with Crippen LogP contribution in [-0.4, -0.2) is 16.5 Å². The van der Waals surface area contributed by atoms with Crippen molar-refractivity contribution in [3.8, 4) is 0 Å². The first-order valence-corrected chi connectivity index (χ1v) is 7.55. The first-order valence-electron chi connectivity index (χ1n) is 7.55. The Balaban J connectivity index is 2.08. The quantitative estimate of drug-likeness (QED) is 0.647. The van der Waals surface area contributed by atoms with Crippen LogP contribution in [0.2, 0.25) is 0 Å². The zero-order valence-electron chi connectivity index (χ0n) is 13.0. The third kappa shape index (κ3) is 4.22. The molecule has 0 radical (unpaired) electrons. The Bertz CT molecular complexity index is 607. The van der Waals surface area contributed by atoms with Gasteiger partial charge >= 0.3 is 0 Å². The van der Waals surface area contributed by atoms with E-state index < -0.39 is 0 Å². The standard InChI is InChI=1S/C17H23N5/c1-3-5-6-13-7-9-14(10-8-13)22-17-15(18)16(19-11-4-2)20-12-21-17/h4,7-10,12H,2-3,5-6,11,18H2,1H3,(H2,19,20,21,22). The molecule has 1 aromatic carbocycles. The number of nitrogens with two attached hydrogens (primary N) is 1. The molecule has 5 nitrogen and oxygen atoms in total. The summed E-state index contributed by atoms with van der Waals surface area (Å²) in [6.45, 7) is 6.47. The highest BCUT2D eigenvalue weighted by molar-refractivity contribution is 5.77. The lowest BCUT2D eigenvalue weighted by Gasteiger charge is -2.12. The van der Waals surface area contributed by atoms with Crippen LogP contribution in [0.4, 0.5) is 23.0 Å². The summed E-state index contributed by atoms with van der Waals surface area (Å²) in [6, 6.07) is 8.35. The van der Waals surface area contributed by atoms with E-state index in [1.165, 1.54) is 24.7 Å². The third-order valence-corrected chi connectivity index (χ3v) is 3.33. The van der Waals surface area contributed by atoms with Crippen LogP contribution in [-0.2, 0) is 6.42 Å². The van der Waals surface area contributed by atoms with Gasteiger partial charge in [-0.25, -0.2) is 9.97 Å². The molecular formula is C17H23N5. The molecule has 0 saturated heterocycles. The maximum Gasteiger partial charge on any atom is 0.159 e. The van der Waals surface area contributed by atoms with Crippen LogP contribution in [0, 0.1) is 0 Å². The molecule has 0 atom stereocenters. The van der Waals surface area contributed by atoms with E-state index in [4.69, 9.17) is 5.73 Å².